The predicted octanol–water partition coefficient (Wildman–Crippen LogP) is 1.27. The normalized spacial score (nSPS) is 20.4. The zero-order valence-electron chi connectivity index (χ0n) is 13.5. The number of nitrogens with one attached hydrogen (secondary N) is 1. The van der Waals surface area contributed by atoms with Crippen molar-refractivity contribution in [1.82, 2.24) is 15.1 Å². The van der Waals surface area contributed by atoms with Gasteiger partial charge in [0.1, 0.15) is 0 Å². The third kappa shape index (κ3) is 6.70. The van der Waals surface area contributed by atoms with Crippen molar-refractivity contribution in [3.05, 3.63) is 0 Å². The topological polar surface area (TPSA) is 27.7 Å². The number of hydrogen-bond donors (Lipinski definition) is 1. The van der Waals surface area contributed by atoms with Crippen molar-refractivity contribution in [2.24, 2.45) is 5.92 Å². The largest absolute Gasteiger partial charge is 0.383 e. The Labute approximate surface area is 119 Å². The van der Waals surface area contributed by atoms with Gasteiger partial charge in [0.15, 0.2) is 0 Å². The number of piperidine rings is 1. The van der Waals surface area contributed by atoms with Crippen LogP contribution in [0.3, 0.4) is 0 Å². The molecule has 1 N–H and O–H groups in total. The van der Waals surface area contributed by atoms with Gasteiger partial charge in [-0.25, -0.2) is 0 Å². The zero-order valence-corrected chi connectivity index (χ0v) is 13.5. The maximum atomic E-state index is 5.39. The first-order valence-electron chi connectivity index (χ1n) is 7.64. The molecule has 1 atom stereocenters. The molecule has 1 heterocycles. The third-order valence-corrected chi connectivity index (χ3v) is 3.91. The molecule has 0 radical (unpaired) electrons. The second kappa shape index (κ2) is 8.90. The minimum Gasteiger partial charge on any atom is -0.383 e. The third-order valence-electron chi connectivity index (χ3n) is 3.91. The minimum atomic E-state index is 0.521. The molecule has 0 amide bonds. The lowest BCUT2D eigenvalue weighted by molar-refractivity contribution is 0.0596. The van der Waals surface area contributed by atoms with Crippen LogP contribution >= 0.6 is 0 Å². The minimum absolute atomic E-state index is 0.521. The van der Waals surface area contributed by atoms with E-state index >= 15 is 0 Å². The van der Waals surface area contributed by atoms with Gasteiger partial charge in [-0.3, -0.25) is 4.90 Å². The summed E-state index contributed by atoms with van der Waals surface area (Å²) in [5, 5.41) is 3.54. The fourth-order valence-electron chi connectivity index (χ4n) is 2.87. The highest BCUT2D eigenvalue weighted by molar-refractivity contribution is 4.81. The van der Waals surface area contributed by atoms with Crippen molar-refractivity contribution < 1.29 is 4.74 Å². The molecule has 19 heavy (non-hydrogen) atoms. The van der Waals surface area contributed by atoms with Gasteiger partial charge in [0, 0.05) is 32.3 Å². The summed E-state index contributed by atoms with van der Waals surface area (Å²) in [7, 11) is 6.15. The first-order chi connectivity index (χ1) is 9.02. The Kier molecular flexibility index (Phi) is 7.91. The van der Waals surface area contributed by atoms with E-state index in [1.165, 1.54) is 32.5 Å². The quantitative estimate of drug-likeness (QED) is 0.719. The molecule has 1 aliphatic rings. The van der Waals surface area contributed by atoms with Crippen molar-refractivity contribution in [2.75, 3.05) is 54.0 Å². The van der Waals surface area contributed by atoms with Gasteiger partial charge in [-0.1, -0.05) is 13.8 Å². The van der Waals surface area contributed by atoms with Gasteiger partial charge in [0.2, 0.25) is 0 Å². The number of methoxy groups -OCH3 is 1. The molecule has 1 saturated heterocycles. The first kappa shape index (κ1) is 16.9. The molecule has 0 aromatic rings. The fraction of sp³-hybridized carbons (Fsp3) is 1.00. The van der Waals surface area contributed by atoms with Gasteiger partial charge in [0.25, 0.3) is 0 Å². The monoisotopic (exact) mass is 271 g/mol. The van der Waals surface area contributed by atoms with E-state index in [4.69, 9.17) is 4.74 Å². The highest BCUT2D eigenvalue weighted by Gasteiger charge is 2.25. The van der Waals surface area contributed by atoms with E-state index in [9.17, 15) is 0 Å². The first-order valence-corrected chi connectivity index (χ1v) is 7.64. The van der Waals surface area contributed by atoms with E-state index in [1.807, 2.05) is 0 Å². The van der Waals surface area contributed by atoms with Crippen LogP contribution in [-0.4, -0.2) is 75.9 Å². The van der Waals surface area contributed by atoms with Crippen molar-refractivity contribution in [2.45, 2.75) is 38.8 Å². The van der Waals surface area contributed by atoms with Crippen LogP contribution in [0, 0.1) is 5.92 Å². The van der Waals surface area contributed by atoms with E-state index in [-0.39, 0.29) is 0 Å². The molecule has 1 rings (SSSR count). The van der Waals surface area contributed by atoms with Crippen LogP contribution in [0.15, 0.2) is 0 Å². The van der Waals surface area contributed by atoms with E-state index in [0.717, 1.165) is 19.1 Å². The Balaban J connectivity index is 2.36. The molecule has 114 valence electrons. The van der Waals surface area contributed by atoms with Crippen molar-refractivity contribution in [3.8, 4) is 0 Å². The van der Waals surface area contributed by atoms with Gasteiger partial charge in [-0.05, 0) is 45.9 Å². The van der Waals surface area contributed by atoms with E-state index in [2.05, 4.69) is 43.1 Å². The Morgan fingerprint density at radius 1 is 1.26 bits per heavy atom. The van der Waals surface area contributed by atoms with E-state index < -0.39 is 0 Å². The Bertz CT molecular complexity index is 225. The van der Waals surface area contributed by atoms with Gasteiger partial charge in [-0.2, -0.15) is 0 Å². The molecule has 1 aliphatic heterocycles. The molecule has 0 aliphatic carbocycles. The number of likely N-dealkylation sites (tertiary alicyclic amines) is 1. The van der Waals surface area contributed by atoms with Crippen LogP contribution in [-0.2, 0) is 4.74 Å². The second-order valence-electron chi connectivity index (χ2n) is 6.41. The molecule has 0 bridgehead atoms. The highest BCUT2D eigenvalue weighted by atomic mass is 16.5. The van der Waals surface area contributed by atoms with Gasteiger partial charge >= 0.3 is 0 Å². The van der Waals surface area contributed by atoms with Gasteiger partial charge in [0.05, 0.1) is 6.61 Å². The van der Waals surface area contributed by atoms with Crippen molar-refractivity contribution in [3.63, 3.8) is 0 Å². The van der Waals surface area contributed by atoms with Crippen molar-refractivity contribution in [1.29, 1.82) is 0 Å². The number of nitrogens with zero attached hydrogens (tertiary/aromatic N) is 2. The zero-order chi connectivity index (χ0) is 14.3. The summed E-state index contributed by atoms with van der Waals surface area (Å²) in [5.74, 6) is 0.868. The summed E-state index contributed by atoms with van der Waals surface area (Å²) in [6.07, 6.45) is 2.64. The van der Waals surface area contributed by atoms with Crippen LogP contribution < -0.4 is 5.32 Å². The molecule has 0 aromatic carbocycles. The average Bonchev–Trinajstić information content (AvgIpc) is 2.34. The Hall–Kier alpha value is -0.160. The number of ether oxygens (including phenoxy) is 1. The van der Waals surface area contributed by atoms with Crippen LogP contribution in [0.25, 0.3) is 0 Å². The lowest BCUT2D eigenvalue weighted by Gasteiger charge is -2.38. The maximum absolute atomic E-state index is 5.39. The lowest BCUT2D eigenvalue weighted by atomic mass is 9.95. The summed E-state index contributed by atoms with van der Waals surface area (Å²) < 4.78 is 5.39. The summed E-state index contributed by atoms with van der Waals surface area (Å²) in [6.45, 7) is 9.92. The molecule has 1 unspecified atom stereocenters. The fourth-order valence-corrected chi connectivity index (χ4v) is 2.87. The van der Waals surface area contributed by atoms with Gasteiger partial charge < -0.3 is 15.0 Å². The smallest absolute Gasteiger partial charge is 0.0630 e. The molecule has 1 fully saturated rings. The van der Waals surface area contributed by atoms with Crippen LogP contribution in [0.5, 0.6) is 0 Å². The van der Waals surface area contributed by atoms with Crippen LogP contribution in [0.4, 0.5) is 0 Å². The Morgan fingerprint density at radius 2 is 1.89 bits per heavy atom. The summed E-state index contributed by atoms with van der Waals surface area (Å²) in [5.41, 5.74) is 0. The average molecular weight is 271 g/mol. The summed E-state index contributed by atoms with van der Waals surface area (Å²) in [4.78, 5) is 4.92. The van der Waals surface area contributed by atoms with Crippen LogP contribution in [0.1, 0.15) is 26.7 Å². The summed E-state index contributed by atoms with van der Waals surface area (Å²) in [6, 6.07) is 1.07. The van der Waals surface area contributed by atoms with E-state index in [0.29, 0.717) is 12.1 Å². The standard InChI is InChI=1S/C15H33N3O/c1-13(2)16-10-15(12-19-5)18-8-6-14(7-9-18)11-17(3)4/h13-16H,6-12H2,1-5H3. The van der Waals surface area contributed by atoms with Gasteiger partial charge in [-0.15, -0.1) is 0 Å². The predicted molar refractivity (Wildman–Crippen MR) is 81.7 cm³/mol. The molecule has 4 nitrogen and oxygen atoms in total. The SMILES string of the molecule is COCC(CNC(C)C)N1CCC(CN(C)C)CC1. The highest BCUT2D eigenvalue weighted by Crippen LogP contribution is 2.19. The van der Waals surface area contributed by atoms with E-state index in [1.54, 1.807) is 7.11 Å². The maximum Gasteiger partial charge on any atom is 0.0630 e. The van der Waals surface area contributed by atoms with Crippen LogP contribution in [0.2, 0.25) is 0 Å². The molecule has 4 heteroatoms. The molecule has 0 saturated carbocycles. The second-order valence-corrected chi connectivity index (χ2v) is 6.41. The number of hydrogen-bond acceptors (Lipinski definition) is 4. The molecule has 0 spiro atoms. The molecular weight excluding hydrogens is 238 g/mol. The Morgan fingerprint density at radius 3 is 2.37 bits per heavy atom. The van der Waals surface area contributed by atoms with Crippen molar-refractivity contribution >= 4 is 0 Å². The summed E-state index contributed by atoms with van der Waals surface area (Å²) >= 11 is 0. The molecular formula is C15H33N3O. The molecule has 0 aromatic heterocycles. The lowest BCUT2D eigenvalue weighted by Crippen LogP contribution is -2.50. The number of rotatable bonds is 8.